The van der Waals surface area contributed by atoms with Gasteiger partial charge in [0.2, 0.25) is 0 Å². The lowest BCUT2D eigenvalue weighted by atomic mass is 10.3. The van der Waals surface area contributed by atoms with E-state index in [0.717, 1.165) is 12.2 Å². The van der Waals surface area contributed by atoms with Crippen LogP contribution >= 0.6 is 0 Å². The molecule has 0 aliphatic carbocycles. The van der Waals surface area contributed by atoms with E-state index >= 15 is 0 Å². The van der Waals surface area contributed by atoms with Gasteiger partial charge >= 0.3 is 0 Å². The molecule has 1 N–H and O–H groups in total. The molecule has 124 valence electrons. The van der Waals surface area contributed by atoms with Crippen LogP contribution in [0.15, 0.2) is 36.5 Å². The Balaban J connectivity index is 1.83. The van der Waals surface area contributed by atoms with Gasteiger partial charge in [0.25, 0.3) is 5.91 Å². The Morgan fingerprint density at radius 2 is 1.83 bits per heavy atom. The number of hydrogen-bond donors (Lipinski definition) is 1. The summed E-state index contributed by atoms with van der Waals surface area (Å²) in [6, 6.07) is 9.18. The maximum Gasteiger partial charge on any atom is 0.263 e. The summed E-state index contributed by atoms with van der Waals surface area (Å²) in [7, 11) is 0. The molecule has 0 bridgehead atoms. The van der Waals surface area contributed by atoms with E-state index in [0.29, 0.717) is 18.2 Å². The minimum Gasteiger partial charge on any atom is -0.494 e. The molecule has 2 rings (SSSR count). The number of amides is 1. The molecule has 0 spiro atoms. The fourth-order valence-corrected chi connectivity index (χ4v) is 2.00. The second-order valence-corrected chi connectivity index (χ2v) is 5.41. The van der Waals surface area contributed by atoms with Crippen molar-refractivity contribution in [3.63, 3.8) is 0 Å². The number of ether oxygens (including phenoxy) is 2. The largest absolute Gasteiger partial charge is 0.494 e. The highest BCUT2D eigenvalue weighted by Gasteiger charge is 2.10. The van der Waals surface area contributed by atoms with Gasteiger partial charge in [-0.1, -0.05) is 6.92 Å². The Hall–Kier alpha value is -2.50. The number of carbonyl (C=O) groups excluding carboxylic acids is 1. The van der Waals surface area contributed by atoms with Crippen molar-refractivity contribution in [2.24, 2.45) is 0 Å². The molecule has 1 heterocycles. The van der Waals surface area contributed by atoms with Gasteiger partial charge in [-0.3, -0.25) is 4.79 Å². The molecule has 0 atom stereocenters. The van der Waals surface area contributed by atoms with Crippen LogP contribution in [-0.2, 0) is 4.79 Å². The van der Waals surface area contributed by atoms with Crippen molar-refractivity contribution in [1.29, 1.82) is 0 Å². The third-order valence-corrected chi connectivity index (χ3v) is 3.09. The van der Waals surface area contributed by atoms with Crippen molar-refractivity contribution in [2.45, 2.75) is 33.2 Å². The number of nitrogens with one attached hydrogen (secondary N) is 1. The van der Waals surface area contributed by atoms with Gasteiger partial charge in [-0.05, 0) is 44.5 Å². The molecular weight excluding hydrogens is 294 g/mol. The van der Waals surface area contributed by atoms with Crippen LogP contribution in [0.25, 0.3) is 0 Å². The first kappa shape index (κ1) is 16.9. The van der Waals surface area contributed by atoms with Crippen LogP contribution in [0.2, 0.25) is 0 Å². The van der Waals surface area contributed by atoms with Crippen LogP contribution in [-0.4, -0.2) is 28.9 Å². The number of anilines is 1. The molecule has 2 aromatic rings. The van der Waals surface area contributed by atoms with E-state index in [1.54, 1.807) is 29.1 Å². The fourth-order valence-electron chi connectivity index (χ4n) is 2.00. The lowest BCUT2D eigenvalue weighted by molar-refractivity contribution is -0.118. The zero-order valence-electron chi connectivity index (χ0n) is 13.8. The van der Waals surface area contributed by atoms with Crippen molar-refractivity contribution >= 4 is 11.7 Å². The van der Waals surface area contributed by atoms with Crippen molar-refractivity contribution in [3.05, 3.63) is 36.5 Å². The Bertz CT molecular complexity index is 620. The van der Waals surface area contributed by atoms with Crippen molar-refractivity contribution < 1.29 is 14.3 Å². The number of carbonyl (C=O) groups is 1. The second kappa shape index (κ2) is 8.22. The molecule has 0 saturated carbocycles. The Kier molecular flexibility index (Phi) is 6.02. The third-order valence-electron chi connectivity index (χ3n) is 3.09. The molecule has 0 radical (unpaired) electrons. The highest BCUT2D eigenvalue weighted by molar-refractivity contribution is 5.91. The van der Waals surface area contributed by atoms with E-state index in [4.69, 9.17) is 9.47 Å². The Labute approximate surface area is 136 Å². The number of hydrogen-bond acceptors (Lipinski definition) is 4. The van der Waals surface area contributed by atoms with E-state index in [1.165, 1.54) is 0 Å². The standard InChI is InChI=1S/C17H23N3O3/c1-4-11-22-14-5-7-15(8-6-14)23-12-17(21)19-16-9-10-18-20(16)13(2)3/h5-10,13H,4,11-12H2,1-3H3,(H,19,21). The first-order valence-corrected chi connectivity index (χ1v) is 7.79. The van der Waals surface area contributed by atoms with Crippen molar-refractivity contribution in [3.8, 4) is 11.5 Å². The molecule has 1 aromatic carbocycles. The monoisotopic (exact) mass is 317 g/mol. The van der Waals surface area contributed by atoms with Crippen molar-refractivity contribution in [2.75, 3.05) is 18.5 Å². The summed E-state index contributed by atoms with van der Waals surface area (Å²) >= 11 is 0. The number of nitrogens with zero attached hydrogens (tertiary/aromatic N) is 2. The first-order valence-electron chi connectivity index (χ1n) is 7.79. The average molecular weight is 317 g/mol. The maximum absolute atomic E-state index is 12.0. The van der Waals surface area contributed by atoms with Crippen LogP contribution in [0, 0.1) is 0 Å². The van der Waals surface area contributed by atoms with E-state index < -0.39 is 0 Å². The third kappa shape index (κ3) is 5.02. The van der Waals surface area contributed by atoms with Gasteiger partial charge in [0.05, 0.1) is 12.8 Å². The molecule has 0 unspecified atom stereocenters. The summed E-state index contributed by atoms with van der Waals surface area (Å²) in [5.41, 5.74) is 0. The predicted molar refractivity (Wildman–Crippen MR) is 89.0 cm³/mol. The van der Waals surface area contributed by atoms with Crippen LogP contribution in [0.5, 0.6) is 11.5 Å². The van der Waals surface area contributed by atoms with Gasteiger partial charge in [-0.2, -0.15) is 5.10 Å². The molecule has 0 aliphatic rings. The Morgan fingerprint density at radius 3 is 2.43 bits per heavy atom. The van der Waals surface area contributed by atoms with Crippen LogP contribution in [0.1, 0.15) is 33.2 Å². The van der Waals surface area contributed by atoms with E-state index in [1.807, 2.05) is 26.0 Å². The molecule has 1 aromatic heterocycles. The van der Waals surface area contributed by atoms with Crippen molar-refractivity contribution in [1.82, 2.24) is 9.78 Å². The summed E-state index contributed by atoms with van der Waals surface area (Å²) in [4.78, 5) is 12.0. The SMILES string of the molecule is CCCOc1ccc(OCC(=O)Nc2ccnn2C(C)C)cc1. The van der Waals surface area contributed by atoms with Crippen LogP contribution < -0.4 is 14.8 Å². The molecule has 0 saturated heterocycles. The number of aromatic nitrogens is 2. The van der Waals surface area contributed by atoms with Gasteiger partial charge in [0.15, 0.2) is 6.61 Å². The number of benzene rings is 1. The minimum absolute atomic E-state index is 0.0571. The van der Waals surface area contributed by atoms with Gasteiger partial charge in [0.1, 0.15) is 17.3 Å². The summed E-state index contributed by atoms with van der Waals surface area (Å²) in [5.74, 6) is 1.86. The highest BCUT2D eigenvalue weighted by atomic mass is 16.5. The second-order valence-electron chi connectivity index (χ2n) is 5.41. The molecule has 6 nitrogen and oxygen atoms in total. The minimum atomic E-state index is -0.223. The van der Waals surface area contributed by atoms with Crippen LogP contribution in [0.4, 0.5) is 5.82 Å². The van der Waals surface area contributed by atoms with Gasteiger partial charge in [-0.15, -0.1) is 0 Å². The summed E-state index contributed by atoms with van der Waals surface area (Å²) in [6.07, 6.45) is 2.62. The fraction of sp³-hybridized carbons (Fsp3) is 0.412. The van der Waals surface area contributed by atoms with E-state index in [2.05, 4.69) is 17.3 Å². The summed E-state index contributed by atoms with van der Waals surface area (Å²) < 4.78 is 12.7. The molecule has 23 heavy (non-hydrogen) atoms. The molecule has 1 amide bonds. The van der Waals surface area contributed by atoms with E-state index in [9.17, 15) is 4.79 Å². The molecular formula is C17H23N3O3. The lowest BCUT2D eigenvalue weighted by Gasteiger charge is -2.12. The summed E-state index contributed by atoms with van der Waals surface area (Å²) in [6.45, 7) is 6.69. The normalized spacial score (nSPS) is 10.6. The maximum atomic E-state index is 12.0. The highest BCUT2D eigenvalue weighted by Crippen LogP contribution is 2.18. The molecule has 0 fully saturated rings. The lowest BCUT2D eigenvalue weighted by Crippen LogP contribution is -2.22. The zero-order chi connectivity index (χ0) is 16.7. The smallest absolute Gasteiger partial charge is 0.263 e. The quantitative estimate of drug-likeness (QED) is 0.811. The van der Waals surface area contributed by atoms with Gasteiger partial charge < -0.3 is 14.8 Å². The molecule has 0 aliphatic heterocycles. The zero-order valence-corrected chi connectivity index (χ0v) is 13.8. The topological polar surface area (TPSA) is 65.4 Å². The first-order chi connectivity index (χ1) is 11.1. The summed E-state index contributed by atoms with van der Waals surface area (Å²) in [5, 5.41) is 6.96. The van der Waals surface area contributed by atoms with Gasteiger partial charge in [0, 0.05) is 12.1 Å². The average Bonchev–Trinajstić information content (AvgIpc) is 3.00. The molecule has 6 heteroatoms. The van der Waals surface area contributed by atoms with E-state index in [-0.39, 0.29) is 18.6 Å². The van der Waals surface area contributed by atoms with Crippen LogP contribution in [0.3, 0.4) is 0 Å². The number of rotatable bonds is 8. The predicted octanol–water partition coefficient (Wildman–Crippen LogP) is 3.27. The van der Waals surface area contributed by atoms with Gasteiger partial charge in [-0.25, -0.2) is 4.68 Å². The Morgan fingerprint density at radius 1 is 1.17 bits per heavy atom.